The molecular weight excluding hydrogens is 912 g/mol. The van der Waals surface area contributed by atoms with Gasteiger partial charge in [-0.1, -0.05) is 29.8 Å². The molecule has 0 spiro atoms. The molecule has 2 aromatic heterocycles. The Morgan fingerprint density at radius 2 is 1.66 bits per heavy atom. The maximum atomic E-state index is 13.4. The molecule has 3 aliphatic heterocycles. The van der Waals surface area contributed by atoms with E-state index >= 15 is 0 Å². The number of amides is 5. The first kappa shape index (κ1) is 47.5. The van der Waals surface area contributed by atoms with Crippen LogP contribution in [0.2, 0.25) is 5.02 Å². The third kappa shape index (κ3) is 10.3. The molecule has 68 heavy (non-hydrogen) atoms. The Hall–Kier alpha value is -6.99. The summed E-state index contributed by atoms with van der Waals surface area (Å²) in [7, 11) is 2.93. The third-order valence-corrected chi connectivity index (χ3v) is 13.6. The Balaban J connectivity index is 0.811. The van der Waals surface area contributed by atoms with E-state index in [1.54, 1.807) is 46.6 Å². The summed E-state index contributed by atoms with van der Waals surface area (Å²) in [5, 5.41) is 27.6. The number of imide groups is 1. The lowest BCUT2D eigenvalue weighted by molar-refractivity contribution is -0.136. The highest BCUT2D eigenvalue weighted by Gasteiger charge is 2.34. The molecular formula is C48H51ClN10O8S. The second kappa shape index (κ2) is 20.9. The Morgan fingerprint density at radius 3 is 2.37 bits per heavy atom. The Labute approximate surface area is 401 Å². The molecule has 20 heteroatoms. The van der Waals surface area contributed by atoms with Crippen LogP contribution in [-0.2, 0) is 25.7 Å². The summed E-state index contributed by atoms with van der Waals surface area (Å²) in [6.07, 6.45) is 2.50. The topological polar surface area (TPSA) is 220 Å². The van der Waals surface area contributed by atoms with Gasteiger partial charge in [-0.25, -0.2) is 0 Å². The zero-order valence-corrected chi connectivity index (χ0v) is 39.9. The predicted molar refractivity (Wildman–Crippen MR) is 254 cm³/mol. The van der Waals surface area contributed by atoms with Gasteiger partial charge in [-0.2, -0.15) is 0 Å². The summed E-state index contributed by atoms with van der Waals surface area (Å²) in [6.45, 7) is 7.21. The minimum Gasteiger partial charge on any atom is -0.494 e. The fourth-order valence-electron chi connectivity index (χ4n) is 8.41. The summed E-state index contributed by atoms with van der Waals surface area (Å²) in [5.41, 5.74) is 5.75. The molecule has 3 N–H and O–H groups in total. The Kier molecular flexibility index (Phi) is 14.6. The molecule has 0 bridgehead atoms. The van der Waals surface area contributed by atoms with E-state index in [1.807, 2.05) is 35.8 Å². The number of hydrogen-bond acceptors (Lipinski definition) is 14. The van der Waals surface area contributed by atoms with E-state index in [1.165, 1.54) is 14.2 Å². The normalized spacial score (nSPS) is 16.4. The number of piperidine rings is 1. The van der Waals surface area contributed by atoms with Crippen molar-refractivity contribution in [1.29, 1.82) is 0 Å². The highest BCUT2D eigenvalue weighted by Crippen LogP contribution is 2.43. The van der Waals surface area contributed by atoms with Gasteiger partial charge in [0, 0.05) is 82.8 Å². The van der Waals surface area contributed by atoms with Crippen LogP contribution in [0, 0.1) is 26.7 Å². The summed E-state index contributed by atoms with van der Waals surface area (Å²) < 4.78 is 19.0. The monoisotopic (exact) mass is 962 g/mol. The molecule has 3 aromatic carbocycles. The molecule has 2 atom stereocenters. The standard InChI is InChI=1S/C48H51ClN10O8S/c1-26-27(2)68-48-42(26)43(29-11-14-31(49)15-12-29)52-36(45-57-54-28(3)59(45)48)23-40(61)50-18-6-7-19-51-41(62)25-67-32-21-37(65-4)44(38(22-32)66-5)56-55-35-10-8-9-33-34(35)24-58(47(33)64)20-17-30-13-16-39(60)53-46(30)63/h8-12,14-15,21-22,30,36H,6-7,13,16-20,23-25H2,1-5H3,(H,50,61)(H,51,62)(H,53,60,63)/t30?,36-/m0/s1. The van der Waals surface area contributed by atoms with Crippen molar-refractivity contribution < 1.29 is 38.2 Å². The number of hydrogen-bond donors (Lipinski definition) is 3. The zero-order valence-electron chi connectivity index (χ0n) is 38.3. The second-order valence-electron chi connectivity index (χ2n) is 16.6. The fourth-order valence-corrected chi connectivity index (χ4v) is 9.75. The Bertz CT molecular complexity index is 2810. The number of fused-ring (bicyclic) bond motifs is 4. The summed E-state index contributed by atoms with van der Waals surface area (Å²) in [6, 6.07) is 15.3. The number of ether oxygens (including phenoxy) is 3. The van der Waals surface area contributed by atoms with Crippen LogP contribution in [0.3, 0.4) is 0 Å². The van der Waals surface area contributed by atoms with Crippen molar-refractivity contribution in [3.8, 4) is 22.2 Å². The number of thiophene rings is 1. The van der Waals surface area contributed by atoms with E-state index < -0.39 is 6.04 Å². The van der Waals surface area contributed by atoms with E-state index in [0.29, 0.717) is 91.1 Å². The van der Waals surface area contributed by atoms with Crippen LogP contribution in [0.1, 0.15) is 93.7 Å². The summed E-state index contributed by atoms with van der Waals surface area (Å²) >= 11 is 7.89. The zero-order chi connectivity index (χ0) is 48.1. The van der Waals surface area contributed by atoms with Crippen molar-refractivity contribution in [3.63, 3.8) is 0 Å². The van der Waals surface area contributed by atoms with Gasteiger partial charge in [0.05, 0.1) is 32.0 Å². The van der Waals surface area contributed by atoms with Crippen LogP contribution < -0.4 is 30.2 Å². The van der Waals surface area contributed by atoms with Crippen molar-refractivity contribution in [2.24, 2.45) is 21.1 Å². The molecule has 0 aliphatic carbocycles. The van der Waals surface area contributed by atoms with Crippen molar-refractivity contribution in [1.82, 2.24) is 35.6 Å². The molecule has 3 aliphatic rings. The van der Waals surface area contributed by atoms with Gasteiger partial charge >= 0.3 is 0 Å². The van der Waals surface area contributed by atoms with Crippen molar-refractivity contribution >= 4 is 69.6 Å². The number of nitrogens with one attached hydrogen (secondary N) is 3. The van der Waals surface area contributed by atoms with Gasteiger partial charge in [-0.05, 0) is 76.3 Å². The van der Waals surface area contributed by atoms with Gasteiger partial charge in [-0.3, -0.25) is 38.8 Å². The number of benzene rings is 3. The molecule has 5 aromatic rings. The predicted octanol–water partition coefficient (Wildman–Crippen LogP) is 7.11. The number of nitrogens with zero attached hydrogens (tertiary/aromatic N) is 7. The number of halogens is 1. The van der Waals surface area contributed by atoms with Crippen LogP contribution in [0.25, 0.3) is 5.00 Å². The first-order valence-electron chi connectivity index (χ1n) is 22.3. The molecule has 5 heterocycles. The van der Waals surface area contributed by atoms with E-state index in [-0.39, 0.29) is 72.1 Å². The molecule has 5 amide bonds. The number of carbonyl (C=O) groups excluding carboxylic acids is 5. The summed E-state index contributed by atoms with van der Waals surface area (Å²) in [4.78, 5) is 71.2. The number of aromatic nitrogens is 3. The largest absolute Gasteiger partial charge is 0.494 e. The minimum absolute atomic E-state index is 0.0720. The highest BCUT2D eigenvalue weighted by atomic mass is 35.5. The number of aliphatic imine (C=N–C) groups is 1. The third-order valence-electron chi connectivity index (χ3n) is 12.2. The van der Waals surface area contributed by atoms with Crippen molar-refractivity contribution in [3.05, 3.63) is 104 Å². The van der Waals surface area contributed by atoms with Gasteiger partial charge in [0.2, 0.25) is 17.7 Å². The van der Waals surface area contributed by atoms with E-state index in [0.717, 1.165) is 32.3 Å². The maximum Gasteiger partial charge on any atom is 0.257 e. The van der Waals surface area contributed by atoms with Gasteiger partial charge in [0.1, 0.15) is 22.6 Å². The number of carbonyl (C=O) groups is 5. The SMILES string of the molecule is COc1cc(OCC(=O)NCCCCNC(=O)C[C@@H]2N=C(c3ccc(Cl)cc3)c3c(sc(C)c3C)-n3c(C)nnc32)cc(OC)c1N=Nc1cccc2c1CN(CCC1CCC(=O)NC1=O)C2=O. The smallest absolute Gasteiger partial charge is 0.257 e. The number of unbranched alkanes of at least 4 members (excludes halogenated alkanes) is 1. The van der Waals surface area contributed by atoms with E-state index in [9.17, 15) is 24.0 Å². The number of azo groups is 1. The van der Waals surface area contributed by atoms with Crippen LogP contribution in [-0.4, -0.2) is 95.4 Å². The average molecular weight is 964 g/mol. The second-order valence-corrected chi connectivity index (χ2v) is 18.3. The van der Waals surface area contributed by atoms with Crippen LogP contribution in [0.15, 0.2) is 69.8 Å². The highest BCUT2D eigenvalue weighted by molar-refractivity contribution is 7.15. The molecule has 0 saturated carbocycles. The number of rotatable bonds is 18. The van der Waals surface area contributed by atoms with E-state index in [2.05, 4.69) is 50.2 Å². The van der Waals surface area contributed by atoms with Crippen LogP contribution in [0.4, 0.5) is 11.4 Å². The van der Waals surface area contributed by atoms with Gasteiger partial charge in [0.25, 0.3) is 11.8 Å². The van der Waals surface area contributed by atoms with E-state index in [4.69, 9.17) is 30.8 Å². The molecule has 1 unspecified atom stereocenters. The number of methoxy groups -OCH3 is 2. The maximum absolute atomic E-state index is 13.4. The molecule has 354 valence electrons. The summed E-state index contributed by atoms with van der Waals surface area (Å²) in [5.74, 6) is 0.606. The quantitative estimate of drug-likeness (QED) is 0.0459. The van der Waals surface area contributed by atoms with Crippen molar-refractivity contribution in [2.45, 2.75) is 71.9 Å². The molecule has 1 saturated heterocycles. The van der Waals surface area contributed by atoms with Gasteiger partial charge in [-0.15, -0.1) is 31.8 Å². The minimum atomic E-state index is -0.580. The average Bonchev–Trinajstić information content (AvgIpc) is 3.94. The van der Waals surface area contributed by atoms with Crippen LogP contribution in [0.5, 0.6) is 17.2 Å². The molecule has 8 rings (SSSR count). The molecule has 1 fully saturated rings. The van der Waals surface area contributed by atoms with Gasteiger partial charge < -0.3 is 29.7 Å². The molecule has 0 radical (unpaired) electrons. The fraction of sp³-hybridized carbons (Fsp3) is 0.375. The van der Waals surface area contributed by atoms with Crippen molar-refractivity contribution in [2.75, 3.05) is 40.5 Å². The lowest BCUT2D eigenvalue weighted by atomic mass is 9.94. The molecule has 18 nitrogen and oxygen atoms in total. The lowest BCUT2D eigenvalue weighted by Gasteiger charge is -2.23. The van der Waals surface area contributed by atoms with Gasteiger partial charge in [0.15, 0.2) is 29.6 Å². The number of aryl methyl sites for hydroxylation is 2. The van der Waals surface area contributed by atoms with Crippen LogP contribution >= 0.6 is 22.9 Å². The lowest BCUT2D eigenvalue weighted by Crippen LogP contribution is -2.42. The first-order valence-corrected chi connectivity index (χ1v) is 23.5. The Morgan fingerprint density at radius 1 is 0.941 bits per heavy atom. The first-order chi connectivity index (χ1) is 32.8.